The van der Waals surface area contributed by atoms with Crippen LogP contribution in [0.2, 0.25) is 0 Å². The van der Waals surface area contributed by atoms with E-state index in [1.807, 2.05) is 11.3 Å². The topological polar surface area (TPSA) is 33.6 Å². The van der Waals surface area contributed by atoms with E-state index in [2.05, 4.69) is 34.7 Å². The highest BCUT2D eigenvalue weighted by molar-refractivity contribution is 7.71. The molecule has 1 aliphatic carbocycles. The molecule has 0 saturated heterocycles. The third-order valence-corrected chi connectivity index (χ3v) is 4.82. The third kappa shape index (κ3) is 2.06. The van der Waals surface area contributed by atoms with E-state index in [1.54, 1.807) is 0 Å². The molecule has 1 aliphatic rings. The quantitative estimate of drug-likeness (QED) is 0.867. The molecule has 2 heterocycles. The van der Waals surface area contributed by atoms with Crippen LogP contribution in [0.25, 0.3) is 10.7 Å². The minimum Gasteiger partial charge on any atom is -0.299 e. The van der Waals surface area contributed by atoms with Crippen molar-refractivity contribution in [2.24, 2.45) is 5.92 Å². The normalized spacial score (nSPS) is 14.4. The van der Waals surface area contributed by atoms with Crippen molar-refractivity contribution < 1.29 is 0 Å². The lowest BCUT2D eigenvalue weighted by atomic mass is 10.2. The fraction of sp³-hybridized carbons (Fsp3) is 0.538. The summed E-state index contributed by atoms with van der Waals surface area (Å²) in [5, 5.41) is 7.34. The summed E-state index contributed by atoms with van der Waals surface area (Å²) in [4.78, 5) is 2.79. The molecule has 0 amide bonds. The van der Waals surface area contributed by atoms with Crippen LogP contribution in [-0.2, 0) is 19.4 Å². The molecule has 0 bridgehead atoms. The van der Waals surface area contributed by atoms with Gasteiger partial charge in [-0.15, -0.1) is 11.3 Å². The molecule has 0 fully saturated rings. The summed E-state index contributed by atoms with van der Waals surface area (Å²) >= 11 is 7.20. The van der Waals surface area contributed by atoms with Gasteiger partial charge < -0.3 is 0 Å². The maximum atomic E-state index is 5.32. The van der Waals surface area contributed by atoms with Gasteiger partial charge in [0.05, 0.1) is 4.88 Å². The van der Waals surface area contributed by atoms with Crippen LogP contribution >= 0.6 is 23.6 Å². The standard InChI is InChI=1S/C13H17N3S2/c1-8(2)7-16-12(14-15-13(16)17)11-6-9-4-3-5-10(9)18-11/h6,8H,3-5,7H2,1-2H3,(H,15,17). The van der Waals surface area contributed by atoms with E-state index in [-0.39, 0.29) is 0 Å². The first-order chi connectivity index (χ1) is 8.65. The zero-order valence-corrected chi connectivity index (χ0v) is 12.3. The maximum absolute atomic E-state index is 5.32. The molecule has 0 saturated carbocycles. The number of aryl methyl sites for hydroxylation is 2. The second-order valence-electron chi connectivity index (χ2n) is 5.27. The van der Waals surface area contributed by atoms with Crippen LogP contribution in [0.1, 0.15) is 30.7 Å². The highest BCUT2D eigenvalue weighted by Crippen LogP contribution is 2.35. The molecule has 0 atom stereocenters. The van der Waals surface area contributed by atoms with Gasteiger partial charge in [-0.05, 0) is 49.0 Å². The van der Waals surface area contributed by atoms with Crippen molar-refractivity contribution in [2.75, 3.05) is 0 Å². The minimum atomic E-state index is 0.569. The van der Waals surface area contributed by atoms with Crippen molar-refractivity contribution in [1.29, 1.82) is 0 Å². The minimum absolute atomic E-state index is 0.569. The summed E-state index contributed by atoms with van der Waals surface area (Å²) in [7, 11) is 0. The Hall–Kier alpha value is -0.940. The number of aromatic nitrogens is 3. The summed E-state index contributed by atoms with van der Waals surface area (Å²) in [6.07, 6.45) is 3.76. The lowest BCUT2D eigenvalue weighted by Crippen LogP contribution is -2.05. The Bertz CT molecular complexity index is 597. The molecule has 0 aliphatic heterocycles. The smallest absolute Gasteiger partial charge is 0.195 e. The zero-order chi connectivity index (χ0) is 12.7. The highest BCUT2D eigenvalue weighted by Gasteiger charge is 2.19. The third-order valence-electron chi connectivity index (χ3n) is 3.27. The molecule has 3 nitrogen and oxygen atoms in total. The van der Waals surface area contributed by atoms with E-state index in [1.165, 1.54) is 34.6 Å². The Kier molecular flexibility index (Phi) is 3.11. The Morgan fingerprint density at radius 1 is 1.50 bits per heavy atom. The summed E-state index contributed by atoms with van der Waals surface area (Å²) in [5.74, 6) is 1.58. The van der Waals surface area contributed by atoms with E-state index in [4.69, 9.17) is 12.2 Å². The first-order valence-corrected chi connectivity index (χ1v) is 7.65. The van der Waals surface area contributed by atoms with E-state index in [9.17, 15) is 0 Å². The number of nitrogens with one attached hydrogen (secondary N) is 1. The SMILES string of the molecule is CC(C)Cn1c(-c2cc3c(s2)CCC3)n[nH]c1=S. The summed E-state index contributed by atoms with van der Waals surface area (Å²) in [6, 6.07) is 2.30. The van der Waals surface area contributed by atoms with Gasteiger partial charge >= 0.3 is 0 Å². The lowest BCUT2D eigenvalue weighted by Gasteiger charge is -2.08. The molecular weight excluding hydrogens is 262 g/mol. The molecular formula is C13H17N3S2. The van der Waals surface area contributed by atoms with Crippen molar-refractivity contribution in [3.63, 3.8) is 0 Å². The number of hydrogen-bond donors (Lipinski definition) is 1. The summed E-state index contributed by atoms with van der Waals surface area (Å²) < 4.78 is 2.85. The van der Waals surface area contributed by atoms with Crippen LogP contribution in [0, 0.1) is 10.7 Å². The number of thiophene rings is 1. The van der Waals surface area contributed by atoms with Gasteiger partial charge in [0.2, 0.25) is 0 Å². The number of hydrogen-bond acceptors (Lipinski definition) is 3. The van der Waals surface area contributed by atoms with E-state index in [0.29, 0.717) is 5.92 Å². The summed E-state index contributed by atoms with van der Waals surface area (Å²) in [6.45, 7) is 5.33. The summed E-state index contributed by atoms with van der Waals surface area (Å²) in [5.41, 5.74) is 1.51. The number of nitrogens with zero attached hydrogens (tertiary/aromatic N) is 2. The van der Waals surface area contributed by atoms with E-state index < -0.39 is 0 Å². The van der Waals surface area contributed by atoms with Crippen molar-refractivity contribution in [2.45, 2.75) is 39.7 Å². The van der Waals surface area contributed by atoms with Gasteiger partial charge in [0.1, 0.15) is 0 Å². The van der Waals surface area contributed by atoms with Gasteiger partial charge in [-0.3, -0.25) is 9.67 Å². The van der Waals surface area contributed by atoms with Crippen LogP contribution < -0.4 is 0 Å². The van der Waals surface area contributed by atoms with Gasteiger partial charge in [-0.1, -0.05) is 13.8 Å². The maximum Gasteiger partial charge on any atom is 0.195 e. The van der Waals surface area contributed by atoms with Gasteiger partial charge in [-0.2, -0.15) is 5.10 Å². The predicted octanol–water partition coefficient (Wildman–Crippen LogP) is 3.81. The first kappa shape index (κ1) is 12.1. The Labute approximate surface area is 116 Å². The molecule has 0 radical (unpaired) electrons. The molecule has 0 unspecified atom stereocenters. The predicted molar refractivity (Wildman–Crippen MR) is 77.6 cm³/mol. The molecule has 0 aromatic carbocycles. The molecule has 2 aromatic heterocycles. The van der Waals surface area contributed by atoms with Crippen LogP contribution in [0.15, 0.2) is 6.07 Å². The van der Waals surface area contributed by atoms with E-state index in [0.717, 1.165) is 17.1 Å². The number of rotatable bonds is 3. The number of aromatic amines is 1. The van der Waals surface area contributed by atoms with Gasteiger partial charge in [0, 0.05) is 11.4 Å². The molecule has 3 rings (SSSR count). The average molecular weight is 279 g/mol. The van der Waals surface area contributed by atoms with Crippen molar-refractivity contribution in [1.82, 2.24) is 14.8 Å². The van der Waals surface area contributed by atoms with Gasteiger partial charge in [-0.25, -0.2) is 0 Å². The lowest BCUT2D eigenvalue weighted by molar-refractivity contribution is 0.522. The number of H-pyrrole nitrogens is 1. The fourth-order valence-electron chi connectivity index (χ4n) is 2.48. The monoisotopic (exact) mass is 279 g/mol. The highest BCUT2D eigenvalue weighted by atomic mass is 32.1. The molecule has 5 heteroatoms. The second kappa shape index (κ2) is 4.63. The van der Waals surface area contributed by atoms with E-state index >= 15 is 0 Å². The van der Waals surface area contributed by atoms with Gasteiger partial charge in [0.15, 0.2) is 10.6 Å². The fourth-order valence-corrected chi connectivity index (χ4v) is 3.94. The van der Waals surface area contributed by atoms with Crippen molar-refractivity contribution in [3.8, 4) is 10.7 Å². The zero-order valence-electron chi connectivity index (χ0n) is 10.7. The number of fused-ring (bicyclic) bond motifs is 1. The van der Waals surface area contributed by atoms with Crippen LogP contribution in [-0.4, -0.2) is 14.8 Å². The molecule has 2 aromatic rings. The molecule has 1 N–H and O–H groups in total. The molecule has 0 spiro atoms. The van der Waals surface area contributed by atoms with Crippen LogP contribution in [0.4, 0.5) is 0 Å². The second-order valence-corrected chi connectivity index (χ2v) is 6.79. The Morgan fingerprint density at radius 3 is 3.06 bits per heavy atom. The van der Waals surface area contributed by atoms with Crippen LogP contribution in [0.3, 0.4) is 0 Å². The first-order valence-electron chi connectivity index (χ1n) is 6.42. The Balaban J connectivity index is 2.03. The molecule has 96 valence electrons. The van der Waals surface area contributed by atoms with Crippen molar-refractivity contribution in [3.05, 3.63) is 21.3 Å². The Morgan fingerprint density at radius 2 is 2.33 bits per heavy atom. The van der Waals surface area contributed by atoms with Gasteiger partial charge in [0.25, 0.3) is 0 Å². The molecule has 18 heavy (non-hydrogen) atoms. The largest absolute Gasteiger partial charge is 0.299 e. The van der Waals surface area contributed by atoms with Crippen LogP contribution in [0.5, 0.6) is 0 Å². The van der Waals surface area contributed by atoms with Crippen molar-refractivity contribution >= 4 is 23.6 Å². The average Bonchev–Trinajstić information content (AvgIpc) is 2.93.